The Morgan fingerprint density at radius 2 is 2.29 bits per heavy atom. The number of aromatic nitrogens is 3. The molecular weight excluding hydrogens is 344 g/mol. The second-order valence-corrected chi connectivity index (χ2v) is 9.13. The summed E-state index contributed by atoms with van der Waals surface area (Å²) < 4.78 is 8.25. The van der Waals surface area contributed by atoms with Crippen LogP contribution in [0.3, 0.4) is 0 Å². The summed E-state index contributed by atoms with van der Waals surface area (Å²) in [5, 5.41) is 16.7. The van der Waals surface area contributed by atoms with E-state index in [9.17, 15) is 0 Å². The molecule has 1 unspecified atom stereocenters. The molecule has 1 saturated heterocycles. The number of anilines is 1. The van der Waals surface area contributed by atoms with Crippen LogP contribution in [0, 0.1) is 0 Å². The first-order chi connectivity index (χ1) is 11.6. The topological polar surface area (TPSA) is 67.2 Å². The number of fused-ring (bicyclic) bond motifs is 8. The van der Waals surface area contributed by atoms with Gasteiger partial charge in [-0.3, -0.25) is 10.3 Å². The van der Waals surface area contributed by atoms with E-state index in [1.165, 1.54) is 21.0 Å². The van der Waals surface area contributed by atoms with E-state index in [2.05, 4.69) is 51.3 Å². The Morgan fingerprint density at radius 3 is 3.12 bits per heavy atom. The van der Waals surface area contributed by atoms with E-state index < -0.39 is 0 Å². The van der Waals surface area contributed by atoms with Crippen molar-refractivity contribution in [2.45, 2.75) is 50.7 Å². The molecule has 0 aliphatic carbocycles. The molecule has 3 aliphatic rings. The Labute approximate surface area is 148 Å². The molecule has 5 heterocycles. The van der Waals surface area contributed by atoms with Gasteiger partial charge in [-0.2, -0.15) is 0 Å². The van der Waals surface area contributed by atoms with E-state index in [1.807, 2.05) is 11.3 Å². The monoisotopic (exact) mass is 364 g/mol. The highest BCUT2D eigenvalue weighted by Crippen LogP contribution is 2.48. The molecule has 5 rings (SSSR count). The van der Waals surface area contributed by atoms with Gasteiger partial charge < -0.3 is 4.74 Å². The largest absolute Gasteiger partial charge is 0.370 e. The second-order valence-electron chi connectivity index (χ2n) is 6.81. The van der Waals surface area contributed by atoms with Crippen LogP contribution in [-0.2, 0) is 17.8 Å². The van der Waals surface area contributed by atoms with Gasteiger partial charge in [0, 0.05) is 16.9 Å². The van der Waals surface area contributed by atoms with Gasteiger partial charge in [0.2, 0.25) is 5.95 Å². The fourth-order valence-electron chi connectivity index (χ4n) is 3.65. The lowest BCUT2D eigenvalue weighted by Gasteiger charge is -2.34. The summed E-state index contributed by atoms with van der Waals surface area (Å²) in [7, 11) is 0. The van der Waals surface area contributed by atoms with Gasteiger partial charge in [-0.15, -0.1) is 21.5 Å². The van der Waals surface area contributed by atoms with Crippen LogP contribution >= 0.6 is 23.1 Å². The Morgan fingerprint density at radius 1 is 1.42 bits per heavy atom. The summed E-state index contributed by atoms with van der Waals surface area (Å²) >= 11 is 3.55. The maximum atomic E-state index is 6.04. The van der Waals surface area contributed by atoms with E-state index in [0.29, 0.717) is 6.61 Å². The fourth-order valence-corrected chi connectivity index (χ4v) is 5.63. The molecule has 2 aromatic rings. The van der Waals surface area contributed by atoms with Crippen LogP contribution in [0.5, 0.6) is 0 Å². The third-order valence-electron chi connectivity index (χ3n) is 4.69. The fraction of sp³-hybridized carbons (Fsp3) is 0.600. The molecule has 1 fully saturated rings. The Balaban J connectivity index is 1.74. The lowest BCUT2D eigenvalue weighted by Crippen LogP contribution is -2.40. The molecule has 0 radical (unpaired) electrons. The number of hydrogen-bond donors (Lipinski definition) is 2. The normalized spacial score (nSPS) is 23.6. The van der Waals surface area contributed by atoms with Gasteiger partial charge in [0.15, 0.2) is 5.16 Å². The van der Waals surface area contributed by atoms with Crippen LogP contribution in [0.2, 0.25) is 0 Å². The Bertz CT molecular complexity index is 813. The van der Waals surface area contributed by atoms with Crippen molar-refractivity contribution in [1.29, 1.82) is 0 Å². The molecule has 2 aromatic heterocycles. The minimum atomic E-state index is -0.118. The molecule has 24 heavy (non-hydrogen) atoms. The van der Waals surface area contributed by atoms with Crippen molar-refractivity contribution >= 4 is 29.0 Å². The lowest BCUT2D eigenvalue weighted by atomic mass is 9.92. The highest BCUT2D eigenvalue weighted by Gasteiger charge is 2.43. The third-order valence-corrected chi connectivity index (χ3v) is 6.71. The SMILES string of the molecule is CCSc1nnc2n1-c1sc3c(c1C1NCNN21)CC(C)(C)OC3. The zero-order chi connectivity index (χ0) is 16.5. The molecule has 1 atom stereocenters. The minimum Gasteiger partial charge on any atom is -0.370 e. The first kappa shape index (κ1) is 15.2. The van der Waals surface area contributed by atoms with Gasteiger partial charge in [-0.1, -0.05) is 18.7 Å². The van der Waals surface area contributed by atoms with E-state index in [-0.39, 0.29) is 11.8 Å². The van der Waals surface area contributed by atoms with E-state index in [0.717, 1.165) is 29.9 Å². The number of thioether (sulfide) groups is 1. The molecule has 0 aromatic carbocycles. The molecule has 2 N–H and O–H groups in total. The third kappa shape index (κ3) is 2.02. The van der Waals surface area contributed by atoms with Crippen LogP contribution < -0.4 is 15.8 Å². The minimum absolute atomic E-state index is 0.116. The number of thiophene rings is 1. The number of nitrogens with one attached hydrogen (secondary N) is 2. The van der Waals surface area contributed by atoms with Gasteiger partial charge in [-0.05, 0) is 25.2 Å². The Hall–Kier alpha value is -1.13. The molecular formula is C15H20N6OS2. The summed E-state index contributed by atoms with van der Waals surface area (Å²) in [6, 6.07) is 0. The molecule has 0 saturated carbocycles. The van der Waals surface area contributed by atoms with Crippen molar-refractivity contribution in [1.82, 2.24) is 25.5 Å². The van der Waals surface area contributed by atoms with Crippen LogP contribution in [0.4, 0.5) is 5.95 Å². The van der Waals surface area contributed by atoms with Gasteiger partial charge in [-0.25, -0.2) is 9.99 Å². The van der Waals surface area contributed by atoms with Crippen molar-refractivity contribution in [3.05, 3.63) is 16.0 Å². The summed E-state index contributed by atoms with van der Waals surface area (Å²) in [6.07, 6.45) is 1.05. The van der Waals surface area contributed by atoms with Crippen molar-refractivity contribution in [3.63, 3.8) is 0 Å². The maximum Gasteiger partial charge on any atom is 0.249 e. The summed E-state index contributed by atoms with van der Waals surface area (Å²) in [5.41, 5.74) is 6.07. The smallest absolute Gasteiger partial charge is 0.249 e. The average molecular weight is 365 g/mol. The molecule has 0 bridgehead atoms. The standard InChI is InChI=1S/C15H20N6OS2/c1-4-23-14-19-18-13-20(14)12-10(11-16-7-17-21(11)13)8-5-15(2,3)22-6-9(8)24-12/h11,16-17H,4-7H2,1-3H3. The van der Waals surface area contributed by atoms with Gasteiger partial charge in [0.1, 0.15) is 11.2 Å². The highest BCUT2D eigenvalue weighted by atomic mass is 32.2. The van der Waals surface area contributed by atoms with Crippen LogP contribution in [0.15, 0.2) is 5.16 Å². The van der Waals surface area contributed by atoms with Crippen molar-refractivity contribution in [2.24, 2.45) is 0 Å². The molecule has 3 aliphatic heterocycles. The second kappa shape index (κ2) is 5.18. The number of rotatable bonds is 2. The predicted molar refractivity (Wildman–Crippen MR) is 94.6 cm³/mol. The number of nitrogens with zero attached hydrogens (tertiary/aromatic N) is 4. The maximum absolute atomic E-state index is 6.04. The first-order valence-electron chi connectivity index (χ1n) is 8.22. The molecule has 0 amide bonds. The van der Waals surface area contributed by atoms with Gasteiger partial charge in [0.05, 0.1) is 18.9 Å². The Kier molecular flexibility index (Phi) is 3.27. The lowest BCUT2D eigenvalue weighted by molar-refractivity contribution is -0.0385. The average Bonchev–Trinajstić information content (AvgIpc) is 3.21. The van der Waals surface area contributed by atoms with Crippen molar-refractivity contribution in [3.8, 4) is 5.00 Å². The number of ether oxygens (including phenoxy) is 1. The van der Waals surface area contributed by atoms with Gasteiger partial charge >= 0.3 is 0 Å². The van der Waals surface area contributed by atoms with Crippen LogP contribution in [-0.4, -0.2) is 32.8 Å². The van der Waals surface area contributed by atoms with Gasteiger partial charge in [0.25, 0.3) is 0 Å². The summed E-state index contributed by atoms with van der Waals surface area (Å²) in [5.74, 6) is 1.84. The van der Waals surface area contributed by atoms with Crippen LogP contribution in [0.25, 0.3) is 5.00 Å². The molecule has 7 nitrogen and oxygen atoms in total. The zero-order valence-electron chi connectivity index (χ0n) is 13.9. The first-order valence-corrected chi connectivity index (χ1v) is 10.0. The number of hydrogen-bond acceptors (Lipinski definition) is 8. The van der Waals surface area contributed by atoms with E-state index >= 15 is 0 Å². The quantitative estimate of drug-likeness (QED) is 0.792. The molecule has 128 valence electrons. The molecule has 9 heteroatoms. The molecule has 0 spiro atoms. The van der Waals surface area contributed by atoms with Crippen molar-refractivity contribution < 1.29 is 4.74 Å². The summed E-state index contributed by atoms with van der Waals surface area (Å²) in [6.45, 7) is 7.91. The van der Waals surface area contributed by atoms with E-state index in [4.69, 9.17) is 4.74 Å². The van der Waals surface area contributed by atoms with E-state index in [1.54, 1.807) is 11.8 Å². The number of hydrazine groups is 1. The van der Waals surface area contributed by atoms with Crippen molar-refractivity contribution in [2.75, 3.05) is 17.4 Å². The van der Waals surface area contributed by atoms with Crippen LogP contribution in [0.1, 0.15) is 42.9 Å². The predicted octanol–water partition coefficient (Wildman–Crippen LogP) is 2.18. The summed E-state index contributed by atoms with van der Waals surface area (Å²) in [4.78, 5) is 1.34. The highest BCUT2D eigenvalue weighted by molar-refractivity contribution is 7.99. The zero-order valence-corrected chi connectivity index (χ0v) is 15.6.